The predicted octanol–water partition coefficient (Wildman–Crippen LogP) is 5.35. The summed E-state index contributed by atoms with van der Waals surface area (Å²) in [6.07, 6.45) is 15.5. The van der Waals surface area contributed by atoms with E-state index in [-0.39, 0.29) is 17.4 Å². The summed E-state index contributed by atoms with van der Waals surface area (Å²) in [6, 6.07) is 8.26. The lowest BCUT2D eigenvalue weighted by Crippen LogP contribution is -2.49. The second-order valence-corrected chi connectivity index (χ2v) is 11.8. The van der Waals surface area contributed by atoms with Gasteiger partial charge in [0, 0.05) is 24.8 Å². The SMILES string of the molecule is COC(=O)C(CCC1(CCN2CCC(N(C(=O)C3=CC=CCO3)c3ccc(C)cc3)CC2)CCCCC1)C(=O)OC. The van der Waals surface area contributed by atoms with Gasteiger partial charge >= 0.3 is 11.9 Å². The number of nitrogens with zero attached hydrogens (tertiary/aromatic N) is 2. The molecule has 1 saturated carbocycles. The first kappa shape index (κ1) is 30.8. The molecule has 1 aromatic rings. The van der Waals surface area contributed by atoms with Crippen LogP contribution in [0.25, 0.3) is 0 Å². The number of carbonyl (C=O) groups is 3. The Morgan fingerprint density at radius 2 is 1.66 bits per heavy atom. The quantitative estimate of drug-likeness (QED) is 0.264. The van der Waals surface area contributed by atoms with Crippen molar-refractivity contribution in [1.29, 1.82) is 0 Å². The molecule has 0 N–H and O–H groups in total. The van der Waals surface area contributed by atoms with Gasteiger partial charge < -0.3 is 24.0 Å². The van der Waals surface area contributed by atoms with Crippen molar-refractivity contribution in [3.8, 4) is 0 Å². The summed E-state index contributed by atoms with van der Waals surface area (Å²) in [7, 11) is 2.64. The van der Waals surface area contributed by atoms with Crippen molar-refractivity contribution in [3.05, 3.63) is 53.8 Å². The zero-order valence-corrected chi connectivity index (χ0v) is 24.9. The van der Waals surface area contributed by atoms with Crippen molar-refractivity contribution < 1.29 is 28.6 Å². The molecule has 1 amide bonds. The van der Waals surface area contributed by atoms with E-state index in [0.717, 1.165) is 69.4 Å². The molecule has 2 aliphatic heterocycles. The minimum atomic E-state index is -0.858. The van der Waals surface area contributed by atoms with E-state index in [9.17, 15) is 14.4 Å². The average Bonchev–Trinajstić information content (AvgIpc) is 3.02. The number of carbonyl (C=O) groups excluding carboxylic acids is 3. The molecular weight excluding hydrogens is 520 g/mol. The Balaban J connectivity index is 1.38. The average molecular weight is 567 g/mol. The molecule has 8 nitrogen and oxygen atoms in total. The first-order valence-corrected chi connectivity index (χ1v) is 15.1. The Hall–Kier alpha value is -3.13. The fourth-order valence-corrected chi connectivity index (χ4v) is 6.64. The number of ether oxygens (including phenoxy) is 3. The maximum absolute atomic E-state index is 13.6. The van der Waals surface area contributed by atoms with Crippen LogP contribution in [0.3, 0.4) is 0 Å². The number of benzene rings is 1. The molecule has 1 aliphatic carbocycles. The highest BCUT2D eigenvalue weighted by molar-refractivity contribution is 6.05. The normalized spacial score (nSPS) is 19.3. The third-order valence-corrected chi connectivity index (χ3v) is 9.19. The molecule has 41 heavy (non-hydrogen) atoms. The van der Waals surface area contributed by atoms with Crippen LogP contribution in [0, 0.1) is 18.3 Å². The molecule has 0 radical (unpaired) electrons. The molecule has 4 rings (SSSR count). The van der Waals surface area contributed by atoms with E-state index in [4.69, 9.17) is 14.2 Å². The highest BCUT2D eigenvalue weighted by Gasteiger charge is 2.37. The smallest absolute Gasteiger partial charge is 0.320 e. The fraction of sp³-hybridized carbons (Fsp3) is 0.606. The van der Waals surface area contributed by atoms with Gasteiger partial charge in [-0.25, -0.2) is 0 Å². The number of likely N-dealkylation sites (tertiary alicyclic amines) is 1. The van der Waals surface area contributed by atoms with Gasteiger partial charge in [-0.15, -0.1) is 0 Å². The van der Waals surface area contributed by atoms with Crippen LogP contribution in [0.15, 0.2) is 48.3 Å². The Kier molecular flexibility index (Phi) is 11.0. The number of hydrogen-bond donors (Lipinski definition) is 0. The van der Waals surface area contributed by atoms with E-state index in [1.54, 1.807) is 6.08 Å². The molecule has 0 spiro atoms. The van der Waals surface area contributed by atoms with Crippen molar-refractivity contribution >= 4 is 23.5 Å². The lowest BCUT2D eigenvalue weighted by molar-refractivity contribution is -0.159. The van der Waals surface area contributed by atoms with Crippen molar-refractivity contribution in [2.45, 2.75) is 77.2 Å². The molecule has 2 fully saturated rings. The van der Waals surface area contributed by atoms with E-state index in [1.807, 2.05) is 29.2 Å². The van der Waals surface area contributed by atoms with Crippen LogP contribution in [0.1, 0.15) is 69.8 Å². The molecule has 3 aliphatic rings. The summed E-state index contributed by atoms with van der Waals surface area (Å²) in [4.78, 5) is 42.6. The monoisotopic (exact) mass is 566 g/mol. The van der Waals surface area contributed by atoms with Gasteiger partial charge in [0.25, 0.3) is 5.91 Å². The van der Waals surface area contributed by atoms with Crippen molar-refractivity contribution in [2.75, 3.05) is 45.4 Å². The summed E-state index contributed by atoms with van der Waals surface area (Å²) >= 11 is 0. The lowest BCUT2D eigenvalue weighted by atomic mass is 9.68. The van der Waals surface area contributed by atoms with Crippen LogP contribution in [-0.4, -0.2) is 69.2 Å². The molecule has 224 valence electrons. The predicted molar refractivity (Wildman–Crippen MR) is 158 cm³/mol. The van der Waals surface area contributed by atoms with Gasteiger partial charge in [-0.2, -0.15) is 0 Å². The Labute approximate surface area is 244 Å². The Morgan fingerprint density at radius 3 is 2.24 bits per heavy atom. The third-order valence-electron chi connectivity index (χ3n) is 9.19. The number of aryl methyl sites for hydroxylation is 1. The topological polar surface area (TPSA) is 85.4 Å². The summed E-state index contributed by atoms with van der Waals surface area (Å²) in [5.74, 6) is -1.56. The molecular formula is C33H46N2O6. The van der Waals surface area contributed by atoms with Gasteiger partial charge in [-0.3, -0.25) is 14.4 Å². The van der Waals surface area contributed by atoms with Gasteiger partial charge in [-0.05, 0) is 88.1 Å². The van der Waals surface area contributed by atoms with Gasteiger partial charge in [0.15, 0.2) is 11.7 Å². The van der Waals surface area contributed by atoms with E-state index in [1.165, 1.54) is 33.5 Å². The van der Waals surface area contributed by atoms with Gasteiger partial charge in [0.1, 0.15) is 6.61 Å². The van der Waals surface area contributed by atoms with E-state index in [2.05, 4.69) is 24.0 Å². The molecule has 0 aromatic heterocycles. The first-order chi connectivity index (χ1) is 19.9. The minimum absolute atomic E-state index is 0.0800. The van der Waals surface area contributed by atoms with E-state index >= 15 is 0 Å². The van der Waals surface area contributed by atoms with Crippen molar-refractivity contribution in [2.24, 2.45) is 11.3 Å². The molecule has 0 unspecified atom stereocenters. The second-order valence-electron chi connectivity index (χ2n) is 11.8. The molecule has 8 heteroatoms. The van der Waals surface area contributed by atoms with Gasteiger partial charge in [0.2, 0.25) is 0 Å². The lowest BCUT2D eigenvalue weighted by Gasteiger charge is -2.42. The molecule has 2 heterocycles. The Morgan fingerprint density at radius 1 is 1.00 bits per heavy atom. The summed E-state index contributed by atoms with van der Waals surface area (Å²) in [6.45, 7) is 5.29. The first-order valence-electron chi connectivity index (χ1n) is 15.1. The van der Waals surface area contributed by atoms with E-state index in [0.29, 0.717) is 18.8 Å². The number of anilines is 1. The number of piperidine rings is 1. The molecule has 1 saturated heterocycles. The molecule has 0 atom stereocenters. The number of allylic oxidation sites excluding steroid dienone is 2. The van der Waals surface area contributed by atoms with Crippen LogP contribution in [0.4, 0.5) is 5.69 Å². The van der Waals surface area contributed by atoms with Gasteiger partial charge in [-0.1, -0.05) is 43.0 Å². The number of methoxy groups -OCH3 is 2. The van der Waals surface area contributed by atoms with E-state index < -0.39 is 17.9 Å². The fourth-order valence-electron chi connectivity index (χ4n) is 6.64. The van der Waals surface area contributed by atoms with Crippen LogP contribution in [0.5, 0.6) is 0 Å². The number of amides is 1. The highest BCUT2D eigenvalue weighted by atomic mass is 16.5. The van der Waals surface area contributed by atoms with Crippen LogP contribution in [0.2, 0.25) is 0 Å². The molecule has 1 aromatic carbocycles. The van der Waals surface area contributed by atoms with Crippen LogP contribution >= 0.6 is 0 Å². The maximum Gasteiger partial charge on any atom is 0.320 e. The molecule has 0 bridgehead atoms. The number of rotatable bonds is 11. The highest BCUT2D eigenvalue weighted by Crippen LogP contribution is 2.44. The standard InChI is InChI=1S/C33H46N2O6/c1-25-10-12-26(13-11-25)35(30(36)29-9-5-8-24-41-29)27-15-21-34(22-16-27)23-20-33(17-6-4-7-18-33)19-14-28(31(37)39-2)32(38)40-3/h5,8-13,27-28H,4,6-7,14-24H2,1-3H3. The number of hydrogen-bond acceptors (Lipinski definition) is 7. The zero-order chi connectivity index (χ0) is 29.2. The maximum atomic E-state index is 13.6. The van der Waals surface area contributed by atoms with Crippen LogP contribution in [-0.2, 0) is 28.6 Å². The Bertz CT molecular complexity index is 1080. The zero-order valence-electron chi connectivity index (χ0n) is 24.9. The summed E-state index contributed by atoms with van der Waals surface area (Å²) in [5.41, 5.74) is 2.19. The summed E-state index contributed by atoms with van der Waals surface area (Å²) in [5, 5.41) is 0. The van der Waals surface area contributed by atoms with Gasteiger partial charge in [0.05, 0.1) is 14.2 Å². The van der Waals surface area contributed by atoms with Crippen LogP contribution < -0.4 is 4.90 Å². The largest absolute Gasteiger partial charge is 0.484 e. The number of esters is 2. The van der Waals surface area contributed by atoms with Crippen molar-refractivity contribution in [1.82, 2.24) is 4.90 Å². The van der Waals surface area contributed by atoms with Crippen molar-refractivity contribution in [3.63, 3.8) is 0 Å². The third kappa shape index (κ3) is 8.00. The minimum Gasteiger partial charge on any atom is -0.484 e. The second kappa shape index (κ2) is 14.7. The summed E-state index contributed by atoms with van der Waals surface area (Å²) < 4.78 is 15.5.